The maximum absolute atomic E-state index is 11.5. The summed E-state index contributed by atoms with van der Waals surface area (Å²) in [5, 5.41) is 8.89. The van der Waals surface area contributed by atoms with Gasteiger partial charge in [-0.25, -0.2) is 9.78 Å². The second-order valence-electron chi connectivity index (χ2n) is 3.17. The molecule has 0 saturated heterocycles. The van der Waals surface area contributed by atoms with E-state index in [1.807, 2.05) is 0 Å². The van der Waals surface area contributed by atoms with Crippen molar-refractivity contribution in [3.8, 4) is 0 Å². The van der Waals surface area contributed by atoms with Crippen LogP contribution in [-0.4, -0.2) is 20.5 Å². The monoisotopic (exact) mass is 216 g/mol. The van der Waals surface area contributed by atoms with Crippen molar-refractivity contribution in [2.75, 3.05) is 0 Å². The van der Waals surface area contributed by atoms with Gasteiger partial charge in [0, 0.05) is 24.0 Å². The van der Waals surface area contributed by atoms with E-state index in [2.05, 4.69) is 11.6 Å². The number of pyridine rings is 1. The van der Waals surface area contributed by atoms with Crippen LogP contribution in [0.25, 0.3) is 11.7 Å². The molecule has 0 saturated carbocycles. The standard InChI is InChI=1S/C11H8N2O3/c1-2-7-5-8(11(15)16)6-13-9(14)3-4-12-10(7)13/h2-6H,1H2,(H,15,16). The highest BCUT2D eigenvalue weighted by atomic mass is 16.4. The summed E-state index contributed by atoms with van der Waals surface area (Å²) < 4.78 is 1.19. The van der Waals surface area contributed by atoms with Crippen LogP contribution in [0.1, 0.15) is 15.9 Å². The third-order valence-corrected chi connectivity index (χ3v) is 2.18. The first-order valence-corrected chi connectivity index (χ1v) is 4.50. The highest BCUT2D eigenvalue weighted by molar-refractivity contribution is 5.89. The Morgan fingerprint density at radius 1 is 1.56 bits per heavy atom. The zero-order valence-corrected chi connectivity index (χ0v) is 8.25. The Balaban J connectivity index is 2.95. The van der Waals surface area contributed by atoms with Crippen molar-refractivity contribution in [1.82, 2.24) is 9.38 Å². The van der Waals surface area contributed by atoms with Gasteiger partial charge in [0.1, 0.15) is 5.65 Å². The molecule has 16 heavy (non-hydrogen) atoms. The van der Waals surface area contributed by atoms with Crippen molar-refractivity contribution in [3.05, 3.63) is 52.6 Å². The van der Waals surface area contributed by atoms with Crippen LogP contribution in [-0.2, 0) is 0 Å². The number of carboxylic acid groups (broad SMARTS) is 1. The van der Waals surface area contributed by atoms with Crippen LogP contribution in [0.15, 0.2) is 35.9 Å². The topological polar surface area (TPSA) is 71.7 Å². The van der Waals surface area contributed by atoms with Crippen molar-refractivity contribution >= 4 is 17.7 Å². The molecule has 2 rings (SSSR count). The Bertz CT molecular complexity index is 643. The summed E-state index contributed by atoms with van der Waals surface area (Å²) in [6.45, 7) is 3.56. The molecule has 0 amide bonds. The highest BCUT2D eigenvalue weighted by Gasteiger charge is 2.08. The average molecular weight is 216 g/mol. The van der Waals surface area contributed by atoms with Gasteiger partial charge >= 0.3 is 5.97 Å². The molecule has 0 spiro atoms. The first kappa shape index (κ1) is 10.1. The van der Waals surface area contributed by atoms with Crippen LogP contribution in [0, 0.1) is 0 Å². The number of aromatic nitrogens is 2. The average Bonchev–Trinajstić information content (AvgIpc) is 2.28. The summed E-state index contributed by atoms with van der Waals surface area (Å²) in [6, 6.07) is 2.70. The number of aromatic carboxylic acids is 1. The van der Waals surface area contributed by atoms with Gasteiger partial charge in [0.05, 0.1) is 5.56 Å². The van der Waals surface area contributed by atoms with E-state index in [9.17, 15) is 9.59 Å². The highest BCUT2D eigenvalue weighted by Crippen LogP contribution is 2.11. The van der Waals surface area contributed by atoms with Gasteiger partial charge in [-0.05, 0) is 6.07 Å². The number of hydrogen-bond acceptors (Lipinski definition) is 3. The van der Waals surface area contributed by atoms with E-state index in [1.165, 1.54) is 35.0 Å². The molecular formula is C11H8N2O3. The third-order valence-electron chi connectivity index (χ3n) is 2.18. The lowest BCUT2D eigenvalue weighted by atomic mass is 10.2. The van der Waals surface area contributed by atoms with E-state index in [0.717, 1.165) is 0 Å². The fourth-order valence-corrected chi connectivity index (χ4v) is 1.43. The number of carboxylic acids is 1. The molecule has 0 aliphatic rings. The predicted octanol–water partition coefficient (Wildman–Crippen LogP) is 1.04. The molecule has 0 fully saturated rings. The van der Waals surface area contributed by atoms with Crippen molar-refractivity contribution < 1.29 is 9.90 Å². The van der Waals surface area contributed by atoms with Gasteiger partial charge in [0.2, 0.25) is 0 Å². The molecule has 0 aliphatic carbocycles. The number of fused-ring (bicyclic) bond motifs is 1. The predicted molar refractivity (Wildman–Crippen MR) is 58.5 cm³/mol. The van der Waals surface area contributed by atoms with Crippen LogP contribution >= 0.6 is 0 Å². The van der Waals surface area contributed by atoms with Crippen LogP contribution in [0.4, 0.5) is 0 Å². The summed E-state index contributed by atoms with van der Waals surface area (Å²) in [7, 11) is 0. The Labute approximate surface area is 90.3 Å². The van der Waals surface area contributed by atoms with Gasteiger partial charge in [-0.15, -0.1) is 0 Å². The molecule has 2 aromatic rings. The fraction of sp³-hybridized carbons (Fsp3) is 0. The van der Waals surface area contributed by atoms with Gasteiger partial charge in [0.25, 0.3) is 5.56 Å². The van der Waals surface area contributed by atoms with Gasteiger partial charge in [-0.2, -0.15) is 0 Å². The number of carbonyl (C=O) groups is 1. The van der Waals surface area contributed by atoms with Crippen LogP contribution in [0.3, 0.4) is 0 Å². The minimum absolute atomic E-state index is 0.0255. The number of nitrogens with zero attached hydrogens (tertiary/aromatic N) is 2. The van der Waals surface area contributed by atoms with Crippen molar-refractivity contribution in [2.45, 2.75) is 0 Å². The number of hydrogen-bond donors (Lipinski definition) is 1. The molecule has 5 heteroatoms. The maximum atomic E-state index is 11.5. The van der Waals surface area contributed by atoms with Crippen LogP contribution < -0.4 is 5.56 Å². The second-order valence-corrected chi connectivity index (χ2v) is 3.17. The van der Waals surface area contributed by atoms with E-state index in [-0.39, 0.29) is 11.1 Å². The maximum Gasteiger partial charge on any atom is 0.337 e. The van der Waals surface area contributed by atoms with Crippen molar-refractivity contribution in [2.24, 2.45) is 0 Å². The Kier molecular flexibility index (Phi) is 2.28. The first-order valence-electron chi connectivity index (χ1n) is 4.50. The molecule has 2 heterocycles. The zero-order chi connectivity index (χ0) is 11.7. The van der Waals surface area contributed by atoms with E-state index in [4.69, 9.17) is 5.11 Å². The number of rotatable bonds is 2. The van der Waals surface area contributed by atoms with Crippen molar-refractivity contribution in [1.29, 1.82) is 0 Å². The van der Waals surface area contributed by atoms with E-state index >= 15 is 0 Å². The molecule has 0 atom stereocenters. The van der Waals surface area contributed by atoms with Crippen LogP contribution in [0.5, 0.6) is 0 Å². The van der Waals surface area contributed by atoms with Gasteiger partial charge in [-0.3, -0.25) is 9.20 Å². The molecule has 2 aromatic heterocycles. The van der Waals surface area contributed by atoms with Crippen LogP contribution in [0.2, 0.25) is 0 Å². The molecule has 0 aliphatic heterocycles. The van der Waals surface area contributed by atoms with E-state index in [0.29, 0.717) is 11.2 Å². The third kappa shape index (κ3) is 1.48. The SMILES string of the molecule is C=Cc1cc(C(=O)O)cn2c(=O)ccnc12. The molecule has 0 bridgehead atoms. The summed E-state index contributed by atoms with van der Waals surface area (Å²) in [4.78, 5) is 26.4. The fourth-order valence-electron chi connectivity index (χ4n) is 1.43. The largest absolute Gasteiger partial charge is 0.478 e. The normalized spacial score (nSPS) is 10.2. The molecule has 1 N–H and O–H groups in total. The molecular weight excluding hydrogens is 208 g/mol. The first-order chi connectivity index (χ1) is 7.63. The molecule has 0 aromatic carbocycles. The van der Waals surface area contributed by atoms with Gasteiger partial charge in [-0.1, -0.05) is 12.7 Å². The van der Waals surface area contributed by atoms with Crippen molar-refractivity contribution in [3.63, 3.8) is 0 Å². The Hall–Kier alpha value is -2.43. The molecule has 5 nitrogen and oxygen atoms in total. The summed E-state index contributed by atoms with van der Waals surface area (Å²) in [6.07, 6.45) is 4.10. The Morgan fingerprint density at radius 2 is 2.31 bits per heavy atom. The summed E-state index contributed by atoms with van der Waals surface area (Å²) in [5.41, 5.74) is 0.610. The lowest BCUT2D eigenvalue weighted by molar-refractivity contribution is 0.0696. The van der Waals surface area contributed by atoms with Gasteiger partial charge < -0.3 is 5.11 Å². The molecule has 0 radical (unpaired) electrons. The molecule has 0 unspecified atom stereocenters. The van der Waals surface area contributed by atoms with E-state index < -0.39 is 5.97 Å². The Morgan fingerprint density at radius 3 is 2.94 bits per heavy atom. The van der Waals surface area contributed by atoms with Gasteiger partial charge in [0.15, 0.2) is 0 Å². The van der Waals surface area contributed by atoms with E-state index in [1.54, 1.807) is 0 Å². The summed E-state index contributed by atoms with van der Waals surface area (Å²) >= 11 is 0. The quantitative estimate of drug-likeness (QED) is 0.813. The zero-order valence-electron chi connectivity index (χ0n) is 8.25. The minimum Gasteiger partial charge on any atom is -0.478 e. The second kappa shape index (κ2) is 3.62. The summed E-state index contributed by atoms with van der Waals surface area (Å²) in [5.74, 6) is -1.10. The lowest BCUT2D eigenvalue weighted by Gasteiger charge is -2.04. The minimum atomic E-state index is -1.10. The molecule has 80 valence electrons. The smallest absolute Gasteiger partial charge is 0.337 e. The lowest BCUT2D eigenvalue weighted by Crippen LogP contribution is -2.15.